The zero-order valence-corrected chi connectivity index (χ0v) is 12.4. The standard InChI is InChI=1S/C14H29N3O2/c1-17-9-6-12(7-10-17)5-8-16-14(18)13(15)4-3-11-19-2/h12-13H,3-11,15H2,1-2H3,(H,16,18). The normalized spacial score (nSPS) is 19.3. The van der Waals surface area contributed by atoms with Crippen LogP contribution in [0.2, 0.25) is 0 Å². The second-order valence-corrected chi connectivity index (χ2v) is 5.57. The van der Waals surface area contributed by atoms with Crippen LogP contribution < -0.4 is 11.1 Å². The highest BCUT2D eigenvalue weighted by molar-refractivity contribution is 5.81. The maximum atomic E-state index is 11.7. The van der Waals surface area contributed by atoms with E-state index < -0.39 is 6.04 Å². The van der Waals surface area contributed by atoms with E-state index >= 15 is 0 Å². The minimum Gasteiger partial charge on any atom is -0.385 e. The monoisotopic (exact) mass is 271 g/mol. The summed E-state index contributed by atoms with van der Waals surface area (Å²) in [6.07, 6.45) is 5.08. The molecule has 0 aliphatic carbocycles. The van der Waals surface area contributed by atoms with Crippen LogP contribution in [0.3, 0.4) is 0 Å². The molecule has 1 rings (SSSR count). The SMILES string of the molecule is COCCCC(N)C(=O)NCCC1CCN(C)CC1. The van der Waals surface area contributed by atoms with Crippen LogP contribution in [0.15, 0.2) is 0 Å². The minimum absolute atomic E-state index is 0.0240. The summed E-state index contributed by atoms with van der Waals surface area (Å²) in [5.74, 6) is 0.727. The fourth-order valence-corrected chi connectivity index (χ4v) is 2.46. The van der Waals surface area contributed by atoms with Gasteiger partial charge in [-0.2, -0.15) is 0 Å². The number of amides is 1. The van der Waals surface area contributed by atoms with E-state index in [1.807, 2.05) is 0 Å². The highest BCUT2D eigenvalue weighted by atomic mass is 16.5. The molecule has 0 spiro atoms. The molecule has 0 aromatic carbocycles. The van der Waals surface area contributed by atoms with Crippen molar-refractivity contribution < 1.29 is 9.53 Å². The summed E-state index contributed by atoms with van der Waals surface area (Å²) in [7, 11) is 3.82. The van der Waals surface area contributed by atoms with Gasteiger partial charge in [-0.1, -0.05) is 0 Å². The summed E-state index contributed by atoms with van der Waals surface area (Å²) < 4.78 is 4.95. The van der Waals surface area contributed by atoms with Crippen LogP contribution in [0, 0.1) is 5.92 Å². The van der Waals surface area contributed by atoms with Gasteiger partial charge in [-0.3, -0.25) is 4.79 Å². The van der Waals surface area contributed by atoms with Crippen molar-refractivity contribution in [3.63, 3.8) is 0 Å². The van der Waals surface area contributed by atoms with E-state index in [1.165, 1.54) is 25.9 Å². The number of carbonyl (C=O) groups is 1. The first-order valence-electron chi connectivity index (χ1n) is 7.34. The third-order valence-corrected chi connectivity index (χ3v) is 3.89. The number of hydrogen-bond acceptors (Lipinski definition) is 4. The lowest BCUT2D eigenvalue weighted by atomic mass is 9.94. The molecule has 1 saturated heterocycles. The third kappa shape index (κ3) is 6.89. The van der Waals surface area contributed by atoms with Crippen LogP contribution in [-0.2, 0) is 9.53 Å². The molecule has 1 aliphatic rings. The van der Waals surface area contributed by atoms with Crippen molar-refractivity contribution in [2.24, 2.45) is 11.7 Å². The van der Waals surface area contributed by atoms with E-state index in [9.17, 15) is 4.79 Å². The lowest BCUT2D eigenvalue weighted by Crippen LogP contribution is -2.41. The summed E-state index contributed by atoms with van der Waals surface area (Å²) in [6, 6.07) is -0.396. The van der Waals surface area contributed by atoms with Gasteiger partial charge in [-0.15, -0.1) is 0 Å². The van der Waals surface area contributed by atoms with Crippen LogP contribution in [-0.4, -0.2) is 57.2 Å². The van der Waals surface area contributed by atoms with Crippen molar-refractivity contribution >= 4 is 5.91 Å². The van der Waals surface area contributed by atoms with E-state index in [2.05, 4.69) is 17.3 Å². The molecule has 5 heteroatoms. The van der Waals surface area contributed by atoms with E-state index in [-0.39, 0.29) is 5.91 Å². The van der Waals surface area contributed by atoms with Crippen molar-refractivity contribution in [2.45, 2.75) is 38.1 Å². The van der Waals surface area contributed by atoms with Gasteiger partial charge in [0.25, 0.3) is 0 Å². The molecule has 3 N–H and O–H groups in total. The van der Waals surface area contributed by atoms with Gasteiger partial charge in [0, 0.05) is 20.3 Å². The Hall–Kier alpha value is -0.650. The van der Waals surface area contributed by atoms with Crippen LogP contribution in [0.1, 0.15) is 32.1 Å². The molecule has 1 aliphatic heterocycles. The summed E-state index contributed by atoms with van der Waals surface area (Å²) in [4.78, 5) is 14.1. The zero-order valence-electron chi connectivity index (χ0n) is 12.4. The first-order valence-corrected chi connectivity index (χ1v) is 7.34. The average molecular weight is 271 g/mol. The number of nitrogens with zero attached hydrogens (tertiary/aromatic N) is 1. The minimum atomic E-state index is -0.396. The van der Waals surface area contributed by atoms with Crippen molar-refractivity contribution in [3.05, 3.63) is 0 Å². The van der Waals surface area contributed by atoms with Crippen LogP contribution in [0.5, 0.6) is 0 Å². The maximum absolute atomic E-state index is 11.7. The number of carbonyl (C=O) groups excluding carboxylic acids is 1. The second-order valence-electron chi connectivity index (χ2n) is 5.57. The Morgan fingerprint density at radius 2 is 2.16 bits per heavy atom. The number of rotatable bonds is 8. The fraction of sp³-hybridized carbons (Fsp3) is 0.929. The van der Waals surface area contributed by atoms with Gasteiger partial charge < -0.3 is 20.7 Å². The molecule has 0 saturated carbocycles. The smallest absolute Gasteiger partial charge is 0.236 e. The molecule has 1 unspecified atom stereocenters. The molecule has 112 valence electrons. The highest BCUT2D eigenvalue weighted by Gasteiger charge is 2.17. The number of nitrogens with one attached hydrogen (secondary N) is 1. The summed E-state index contributed by atoms with van der Waals surface area (Å²) >= 11 is 0. The predicted molar refractivity (Wildman–Crippen MR) is 76.9 cm³/mol. The molecule has 1 amide bonds. The number of likely N-dealkylation sites (tertiary alicyclic amines) is 1. The van der Waals surface area contributed by atoms with E-state index in [4.69, 9.17) is 10.5 Å². The van der Waals surface area contributed by atoms with Crippen molar-refractivity contribution in [1.29, 1.82) is 0 Å². The quantitative estimate of drug-likeness (QED) is 0.634. The molecule has 1 atom stereocenters. The first kappa shape index (κ1) is 16.4. The molecule has 1 heterocycles. The van der Waals surface area contributed by atoms with Gasteiger partial charge in [0.05, 0.1) is 6.04 Å². The molecule has 19 heavy (non-hydrogen) atoms. The Morgan fingerprint density at radius 3 is 2.79 bits per heavy atom. The van der Waals surface area contributed by atoms with Crippen molar-refractivity contribution in [3.8, 4) is 0 Å². The number of nitrogens with two attached hydrogens (primary N) is 1. The van der Waals surface area contributed by atoms with Gasteiger partial charge in [0.1, 0.15) is 0 Å². The predicted octanol–water partition coefficient (Wildman–Crippen LogP) is 0.588. The van der Waals surface area contributed by atoms with E-state index in [0.717, 1.165) is 25.3 Å². The van der Waals surface area contributed by atoms with Gasteiger partial charge in [0.15, 0.2) is 0 Å². The van der Waals surface area contributed by atoms with Crippen LogP contribution in [0.4, 0.5) is 0 Å². The van der Waals surface area contributed by atoms with Crippen LogP contribution >= 0.6 is 0 Å². The van der Waals surface area contributed by atoms with Gasteiger partial charge in [-0.25, -0.2) is 0 Å². The Balaban J connectivity index is 2.06. The van der Waals surface area contributed by atoms with Gasteiger partial charge in [0.2, 0.25) is 5.91 Å². The Labute approximate surface area is 116 Å². The van der Waals surface area contributed by atoms with Crippen molar-refractivity contribution in [2.75, 3.05) is 40.4 Å². The molecular formula is C14H29N3O2. The number of ether oxygens (including phenoxy) is 1. The lowest BCUT2D eigenvalue weighted by molar-refractivity contribution is -0.122. The number of piperidine rings is 1. The summed E-state index contributed by atoms with van der Waals surface area (Å²) in [5, 5.41) is 2.95. The Morgan fingerprint density at radius 1 is 1.47 bits per heavy atom. The van der Waals surface area contributed by atoms with E-state index in [0.29, 0.717) is 13.0 Å². The van der Waals surface area contributed by atoms with Gasteiger partial charge >= 0.3 is 0 Å². The topological polar surface area (TPSA) is 67.6 Å². The zero-order chi connectivity index (χ0) is 14.1. The summed E-state index contributed by atoms with van der Waals surface area (Å²) in [6.45, 7) is 3.77. The molecule has 0 radical (unpaired) electrons. The summed E-state index contributed by atoms with van der Waals surface area (Å²) in [5.41, 5.74) is 5.82. The molecule has 0 aromatic heterocycles. The lowest BCUT2D eigenvalue weighted by Gasteiger charge is -2.29. The first-order chi connectivity index (χ1) is 9.13. The highest BCUT2D eigenvalue weighted by Crippen LogP contribution is 2.18. The largest absolute Gasteiger partial charge is 0.385 e. The second kappa shape index (κ2) is 9.28. The number of hydrogen-bond donors (Lipinski definition) is 2. The molecule has 0 bridgehead atoms. The van der Waals surface area contributed by atoms with E-state index in [1.54, 1.807) is 7.11 Å². The Bertz CT molecular complexity index is 253. The van der Waals surface area contributed by atoms with Gasteiger partial charge in [-0.05, 0) is 58.2 Å². The molecule has 5 nitrogen and oxygen atoms in total. The fourth-order valence-electron chi connectivity index (χ4n) is 2.46. The number of methoxy groups -OCH3 is 1. The average Bonchev–Trinajstić information content (AvgIpc) is 2.41. The molecule has 0 aromatic rings. The molecular weight excluding hydrogens is 242 g/mol. The van der Waals surface area contributed by atoms with Crippen molar-refractivity contribution in [1.82, 2.24) is 10.2 Å². The maximum Gasteiger partial charge on any atom is 0.236 e. The third-order valence-electron chi connectivity index (χ3n) is 3.89. The Kier molecular flexibility index (Phi) is 8.02. The molecule has 1 fully saturated rings. The van der Waals surface area contributed by atoms with Crippen LogP contribution in [0.25, 0.3) is 0 Å².